The number of benzene rings is 2. The van der Waals surface area contributed by atoms with Crippen molar-refractivity contribution in [2.45, 2.75) is 27.2 Å². The molecule has 0 saturated heterocycles. The van der Waals surface area contributed by atoms with E-state index < -0.39 is 5.41 Å². The summed E-state index contributed by atoms with van der Waals surface area (Å²) in [4.78, 5) is 11.9. The quantitative estimate of drug-likeness (QED) is 0.501. The molecule has 0 unspecified atom stereocenters. The third-order valence-corrected chi connectivity index (χ3v) is 4.32. The third-order valence-electron chi connectivity index (χ3n) is 4.32. The molecule has 0 aliphatic carbocycles. The first-order chi connectivity index (χ1) is 12.4. The maximum atomic E-state index is 11.9. The standard InChI is InChI=1S/C23H22O3/c1-16-5-7-17(8-6-16)9-10-18-11-12-21-19(13-18)14-20(26-21)15-23(2,3)22(24)25-4/h5-8,11-14H,15H2,1-4H3. The summed E-state index contributed by atoms with van der Waals surface area (Å²) in [6.07, 6.45) is 0.485. The van der Waals surface area contributed by atoms with Crippen LogP contribution >= 0.6 is 0 Å². The van der Waals surface area contributed by atoms with Gasteiger partial charge in [0.1, 0.15) is 11.3 Å². The van der Waals surface area contributed by atoms with Gasteiger partial charge in [-0.2, -0.15) is 0 Å². The molecule has 0 atom stereocenters. The SMILES string of the molecule is COC(=O)C(C)(C)Cc1cc2cc(C#Cc3ccc(C)cc3)ccc2o1. The van der Waals surface area contributed by atoms with Crippen molar-refractivity contribution in [3.63, 3.8) is 0 Å². The average molecular weight is 346 g/mol. The van der Waals surface area contributed by atoms with Crippen LogP contribution in [0.1, 0.15) is 36.3 Å². The van der Waals surface area contributed by atoms with E-state index in [9.17, 15) is 4.79 Å². The van der Waals surface area contributed by atoms with E-state index in [1.54, 1.807) is 0 Å². The zero-order valence-corrected chi connectivity index (χ0v) is 15.6. The first-order valence-corrected chi connectivity index (χ1v) is 8.57. The zero-order chi connectivity index (χ0) is 18.7. The second kappa shape index (κ2) is 7.09. The molecule has 1 aromatic heterocycles. The van der Waals surface area contributed by atoms with E-state index in [1.165, 1.54) is 12.7 Å². The fourth-order valence-electron chi connectivity index (χ4n) is 2.83. The summed E-state index contributed by atoms with van der Waals surface area (Å²) < 4.78 is 10.7. The van der Waals surface area contributed by atoms with Gasteiger partial charge in [0.05, 0.1) is 12.5 Å². The number of furan rings is 1. The third kappa shape index (κ3) is 3.97. The summed E-state index contributed by atoms with van der Waals surface area (Å²) in [6, 6.07) is 16.0. The largest absolute Gasteiger partial charge is 0.469 e. The van der Waals surface area contributed by atoms with E-state index in [1.807, 2.05) is 50.2 Å². The average Bonchev–Trinajstić information content (AvgIpc) is 3.01. The van der Waals surface area contributed by atoms with Crippen LogP contribution in [0.4, 0.5) is 0 Å². The minimum absolute atomic E-state index is 0.248. The monoisotopic (exact) mass is 346 g/mol. The number of fused-ring (bicyclic) bond motifs is 1. The number of carbonyl (C=O) groups is 1. The Morgan fingerprint density at radius 2 is 1.69 bits per heavy atom. The van der Waals surface area contributed by atoms with Crippen LogP contribution < -0.4 is 0 Å². The van der Waals surface area contributed by atoms with E-state index in [0.717, 1.165) is 27.9 Å². The lowest BCUT2D eigenvalue weighted by molar-refractivity contribution is -0.150. The van der Waals surface area contributed by atoms with Crippen molar-refractivity contribution in [2.75, 3.05) is 7.11 Å². The van der Waals surface area contributed by atoms with Crippen molar-refractivity contribution >= 4 is 16.9 Å². The molecule has 0 aliphatic heterocycles. The number of methoxy groups -OCH3 is 1. The van der Waals surface area contributed by atoms with E-state index >= 15 is 0 Å². The first-order valence-electron chi connectivity index (χ1n) is 8.57. The van der Waals surface area contributed by atoms with Gasteiger partial charge in [-0.3, -0.25) is 4.79 Å². The van der Waals surface area contributed by atoms with Gasteiger partial charge < -0.3 is 9.15 Å². The molecular weight excluding hydrogens is 324 g/mol. The Morgan fingerprint density at radius 1 is 1.04 bits per heavy atom. The Morgan fingerprint density at radius 3 is 2.38 bits per heavy atom. The summed E-state index contributed by atoms with van der Waals surface area (Å²) in [7, 11) is 1.40. The predicted molar refractivity (Wildman–Crippen MR) is 103 cm³/mol. The van der Waals surface area contributed by atoms with Gasteiger partial charge in [-0.15, -0.1) is 0 Å². The Hall–Kier alpha value is -2.99. The van der Waals surface area contributed by atoms with Gasteiger partial charge in [0, 0.05) is 22.9 Å². The van der Waals surface area contributed by atoms with Crippen LogP contribution in [0.2, 0.25) is 0 Å². The highest BCUT2D eigenvalue weighted by atomic mass is 16.5. The minimum atomic E-state index is -0.628. The Kier molecular flexibility index (Phi) is 4.86. The van der Waals surface area contributed by atoms with Gasteiger partial charge in [0.25, 0.3) is 0 Å². The van der Waals surface area contributed by atoms with Crippen LogP contribution in [0.25, 0.3) is 11.0 Å². The molecule has 0 bridgehead atoms. The molecule has 2 aromatic carbocycles. The van der Waals surface area contributed by atoms with Crippen LogP contribution in [0, 0.1) is 24.2 Å². The minimum Gasteiger partial charge on any atom is -0.469 e. The summed E-state index contributed by atoms with van der Waals surface area (Å²) in [5.74, 6) is 6.89. The van der Waals surface area contributed by atoms with Crippen molar-refractivity contribution in [3.8, 4) is 11.8 Å². The molecule has 3 nitrogen and oxygen atoms in total. The fraction of sp³-hybridized carbons (Fsp3) is 0.261. The molecule has 0 aliphatic rings. The first kappa shape index (κ1) is 17.8. The number of esters is 1. The van der Waals surface area contributed by atoms with Crippen molar-refractivity contribution in [1.82, 2.24) is 0 Å². The molecule has 3 heteroatoms. The fourth-order valence-corrected chi connectivity index (χ4v) is 2.83. The van der Waals surface area contributed by atoms with E-state index in [4.69, 9.17) is 9.15 Å². The Bertz CT molecular complexity index is 995. The second-order valence-electron chi connectivity index (χ2n) is 7.13. The molecule has 0 fully saturated rings. The van der Waals surface area contributed by atoms with Crippen LogP contribution in [0.5, 0.6) is 0 Å². The lowest BCUT2D eigenvalue weighted by Gasteiger charge is -2.19. The van der Waals surface area contributed by atoms with Gasteiger partial charge >= 0.3 is 5.97 Å². The number of aryl methyl sites for hydroxylation is 1. The van der Waals surface area contributed by atoms with Crippen molar-refractivity contribution < 1.29 is 13.9 Å². The zero-order valence-electron chi connectivity index (χ0n) is 15.6. The van der Waals surface area contributed by atoms with E-state index in [-0.39, 0.29) is 5.97 Å². The van der Waals surface area contributed by atoms with Gasteiger partial charge in [-0.05, 0) is 57.2 Å². The molecule has 0 radical (unpaired) electrons. The molecule has 0 N–H and O–H groups in total. The maximum absolute atomic E-state index is 11.9. The van der Waals surface area contributed by atoms with Crippen molar-refractivity contribution in [3.05, 3.63) is 71.0 Å². The summed E-state index contributed by atoms with van der Waals surface area (Å²) in [6.45, 7) is 5.76. The Balaban J connectivity index is 1.84. The number of ether oxygens (including phenoxy) is 1. The van der Waals surface area contributed by atoms with Crippen LogP contribution in [-0.4, -0.2) is 13.1 Å². The molecule has 1 heterocycles. The lowest BCUT2D eigenvalue weighted by atomic mass is 9.88. The highest BCUT2D eigenvalue weighted by Crippen LogP contribution is 2.28. The van der Waals surface area contributed by atoms with E-state index in [2.05, 4.69) is 30.9 Å². The highest BCUT2D eigenvalue weighted by Gasteiger charge is 2.30. The maximum Gasteiger partial charge on any atom is 0.311 e. The van der Waals surface area contributed by atoms with Gasteiger partial charge in [0.15, 0.2) is 0 Å². The Labute approximate surface area is 154 Å². The molecule has 26 heavy (non-hydrogen) atoms. The highest BCUT2D eigenvalue weighted by molar-refractivity contribution is 5.80. The van der Waals surface area contributed by atoms with Gasteiger partial charge in [0.2, 0.25) is 0 Å². The molecular formula is C23H22O3. The van der Waals surface area contributed by atoms with Crippen LogP contribution in [0.3, 0.4) is 0 Å². The smallest absolute Gasteiger partial charge is 0.311 e. The van der Waals surface area contributed by atoms with E-state index in [0.29, 0.717) is 6.42 Å². The lowest BCUT2D eigenvalue weighted by Crippen LogP contribution is -2.27. The van der Waals surface area contributed by atoms with Crippen molar-refractivity contribution in [1.29, 1.82) is 0 Å². The molecule has 0 spiro atoms. The van der Waals surface area contributed by atoms with Crippen LogP contribution in [-0.2, 0) is 16.0 Å². The molecule has 3 rings (SSSR count). The number of hydrogen-bond acceptors (Lipinski definition) is 3. The van der Waals surface area contributed by atoms with Gasteiger partial charge in [-0.25, -0.2) is 0 Å². The summed E-state index contributed by atoms with van der Waals surface area (Å²) in [5.41, 5.74) is 3.30. The van der Waals surface area contributed by atoms with Crippen LogP contribution in [0.15, 0.2) is 52.9 Å². The van der Waals surface area contributed by atoms with Crippen molar-refractivity contribution in [2.24, 2.45) is 5.41 Å². The topological polar surface area (TPSA) is 39.4 Å². The van der Waals surface area contributed by atoms with Gasteiger partial charge in [-0.1, -0.05) is 29.5 Å². The molecule has 3 aromatic rings. The normalized spacial score (nSPS) is 11.1. The molecule has 0 saturated carbocycles. The predicted octanol–water partition coefficient (Wildman–Crippen LogP) is 4.88. The number of carbonyl (C=O) groups excluding carboxylic acids is 1. The summed E-state index contributed by atoms with van der Waals surface area (Å²) in [5, 5.41) is 0.983. The summed E-state index contributed by atoms with van der Waals surface area (Å²) >= 11 is 0. The number of rotatable bonds is 3. The molecule has 132 valence electrons. The number of hydrogen-bond donors (Lipinski definition) is 0. The second-order valence-corrected chi connectivity index (χ2v) is 7.13. The molecule has 0 amide bonds.